The summed E-state index contributed by atoms with van der Waals surface area (Å²) in [4.78, 5) is 0. The van der Waals surface area contributed by atoms with Crippen molar-refractivity contribution in [3.05, 3.63) is 35.7 Å². The van der Waals surface area contributed by atoms with Crippen LogP contribution >= 0.6 is 0 Å². The van der Waals surface area contributed by atoms with E-state index in [1.54, 1.807) is 13.0 Å². The number of rotatable bonds is 3. The van der Waals surface area contributed by atoms with E-state index in [-0.39, 0.29) is 0 Å². The second kappa shape index (κ2) is 6.65. The van der Waals surface area contributed by atoms with Crippen LogP contribution in [0, 0.1) is 17.8 Å². The molecule has 0 heterocycles. The Morgan fingerprint density at radius 2 is 1.50 bits per heavy atom. The van der Waals surface area contributed by atoms with E-state index in [1.807, 2.05) is 0 Å². The Kier molecular flexibility index (Phi) is 4.65. The van der Waals surface area contributed by atoms with E-state index in [9.17, 15) is 0 Å². The zero-order valence-electron chi connectivity index (χ0n) is 12.7. The molecule has 3 rings (SSSR count). The molecule has 1 radical (unpaired) electrons. The molecule has 0 unspecified atom stereocenters. The summed E-state index contributed by atoms with van der Waals surface area (Å²) in [7, 11) is 1.78. The van der Waals surface area contributed by atoms with E-state index in [2.05, 4.69) is 24.3 Å². The highest BCUT2D eigenvalue weighted by Gasteiger charge is 2.30. The third kappa shape index (κ3) is 3.02. The van der Waals surface area contributed by atoms with Gasteiger partial charge in [-0.2, -0.15) is 0 Å². The van der Waals surface area contributed by atoms with Gasteiger partial charge in [-0.25, -0.2) is 0 Å². The Bertz CT molecular complexity index is 412. The Morgan fingerprint density at radius 1 is 0.850 bits per heavy atom. The number of para-hydroxylation sites is 1. The molecular formula is C19H27O. The molecule has 0 aliphatic heterocycles. The van der Waals surface area contributed by atoms with Crippen molar-refractivity contribution in [2.45, 2.75) is 57.8 Å². The molecule has 1 aromatic rings. The predicted molar refractivity (Wildman–Crippen MR) is 83.9 cm³/mol. The maximum Gasteiger partial charge on any atom is 0.122 e. The second-order valence-corrected chi connectivity index (χ2v) is 6.54. The van der Waals surface area contributed by atoms with Crippen LogP contribution in [0.15, 0.2) is 24.3 Å². The lowest BCUT2D eigenvalue weighted by molar-refractivity contribution is 0.205. The second-order valence-electron chi connectivity index (χ2n) is 6.54. The monoisotopic (exact) mass is 271 g/mol. The van der Waals surface area contributed by atoms with Crippen molar-refractivity contribution in [2.75, 3.05) is 7.11 Å². The Labute approximate surface area is 123 Å². The van der Waals surface area contributed by atoms with Crippen LogP contribution < -0.4 is 4.74 Å². The zero-order valence-corrected chi connectivity index (χ0v) is 12.7. The first kappa shape index (κ1) is 14.0. The van der Waals surface area contributed by atoms with E-state index in [0.717, 1.165) is 17.6 Å². The minimum absolute atomic E-state index is 0.994. The highest BCUT2D eigenvalue weighted by molar-refractivity contribution is 5.43. The summed E-state index contributed by atoms with van der Waals surface area (Å²) >= 11 is 0. The molecule has 0 bridgehead atoms. The maximum absolute atomic E-state index is 5.52. The predicted octanol–water partition coefficient (Wildman–Crippen LogP) is 5.39. The molecule has 0 spiro atoms. The fraction of sp³-hybridized carbons (Fsp3) is 0.632. The molecule has 0 amide bonds. The molecule has 0 N–H and O–H groups in total. The third-order valence-electron chi connectivity index (χ3n) is 5.44. The summed E-state index contributed by atoms with van der Waals surface area (Å²) in [5, 5.41) is 0. The topological polar surface area (TPSA) is 9.23 Å². The van der Waals surface area contributed by atoms with Gasteiger partial charge in [0.1, 0.15) is 5.75 Å². The summed E-state index contributed by atoms with van der Waals surface area (Å²) in [6.07, 6.45) is 12.8. The summed E-state index contributed by atoms with van der Waals surface area (Å²) in [5.41, 5.74) is 1.36. The summed E-state index contributed by atoms with van der Waals surface area (Å²) < 4.78 is 5.52. The average molecular weight is 271 g/mol. The van der Waals surface area contributed by atoms with E-state index < -0.39 is 0 Å². The lowest BCUT2D eigenvalue weighted by Crippen LogP contribution is -2.23. The first-order chi connectivity index (χ1) is 9.88. The van der Waals surface area contributed by atoms with Crippen LogP contribution in [-0.4, -0.2) is 7.11 Å². The van der Waals surface area contributed by atoms with Crippen molar-refractivity contribution in [2.24, 2.45) is 11.8 Å². The Morgan fingerprint density at radius 3 is 2.20 bits per heavy atom. The molecule has 2 aliphatic rings. The van der Waals surface area contributed by atoms with Crippen molar-refractivity contribution in [3.8, 4) is 5.75 Å². The SMILES string of the molecule is COc1ccccc1[C]1CCC(C2CCCCC2)CC1. The minimum Gasteiger partial charge on any atom is -0.496 e. The van der Waals surface area contributed by atoms with Crippen LogP contribution in [-0.2, 0) is 0 Å². The van der Waals surface area contributed by atoms with Gasteiger partial charge in [0.25, 0.3) is 0 Å². The largest absolute Gasteiger partial charge is 0.496 e. The minimum atomic E-state index is 0.994. The number of benzene rings is 1. The number of methoxy groups -OCH3 is 1. The van der Waals surface area contributed by atoms with Gasteiger partial charge in [-0.15, -0.1) is 0 Å². The van der Waals surface area contributed by atoms with Crippen LogP contribution in [0.5, 0.6) is 5.75 Å². The third-order valence-corrected chi connectivity index (χ3v) is 5.44. The van der Waals surface area contributed by atoms with Crippen molar-refractivity contribution in [1.29, 1.82) is 0 Å². The molecule has 0 atom stereocenters. The zero-order chi connectivity index (χ0) is 13.8. The Hall–Kier alpha value is -0.980. The smallest absolute Gasteiger partial charge is 0.122 e. The molecule has 2 aliphatic carbocycles. The van der Waals surface area contributed by atoms with Crippen molar-refractivity contribution in [1.82, 2.24) is 0 Å². The average Bonchev–Trinajstić information content (AvgIpc) is 2.56. The fourth-order valence-corrected chi connectivity index (χ4v) is 4.27. The molecule has 20 heavy (non-hydrogen) atoms. The molecule has 0 saturated heterocycles. The normalized spacial score (nSPS) is 22.9. The van der Waals surface area contributed by atoms with Gasteiger partial charge >= 0.3 is 0 Å². The van der Waals surface area contributed by atoms with E-state index >= 15 is 0 Å². The van der Waals surface area contributed by atoms with E-state index in [0.29, 0.717) is 0 Å². The molecule has 1 heteroatoms. The fourth-order valence-electron chi connectivity index (χ4n) is 4.27. The quantitative estimate of drug-likeness (QED) is 0.716. The molecular weight excluding hydrogens is 244 g/mol. The van der Waals surface area contributed by atoms with Crippen LogP contribution in [0.3, 0.4) is 0 Å². The van der Waals surface area contributed by atoms with Crippen molar-refractivity contribution < 1.29 is 4.74 Å². The van der Waals surface area contributed by atoms with Gasteiger partial charge in [0, 0.05) is 11.5 Å². The van der Waals surface area contributed by atoms with Gasteiger partial charge in [0.05, 0.1) is 7.11 Å². The number of hydrogen-bond donors (Lipinski definition) is 0. The van der Waals surface area contributed by atoms with Gasteiger partial charge in [0.15, 0.2) is 0 Å². The van der Waals surface area contributed by atoms with Crippen LogP contribution in [0.2, 0.25) is 0 Å². The standard InChI is InChI=1S/C19H27O/c1-20-19-10-6-5-9-18(19)17-13-11-16(12-14-17)15-7-3-2-4-8-15/h5-6,9-10,15-16H,2-4,7-8,11-14H2,1H3. The Balaban J connectivity index is 1.60. The van der Waals surface area contributed by atoms with E-state index in [1.165, 1.54) is 63.4 Å². The van der Waals surface area contributed by atoms with Gasteiger partial charge in [-0.1, -0.05) is 50.3 Å². The van der Waals surface area contributed by atoms with Crippen LogP contribution in [0.4, 0.5) is 0 Å². The van der Waals surface area contributed by atoms with Crippen molar-refractivity contribution >= 4 is 0 Å². The molecule has 1 nitrogen and oxygen atoms in total. The lowest BCUT2D eigenvalue weighted by Gasteiger charge is -2.36. The van der Waals surface area contributed by atoms with Gasteiger partial charge in [-0.05, 0) is 43.6 Å². The van der Waals surface area contributed by atoms with Crippen LogP contribution in [0.25, 0.3) is 0 Å². The molecule has 2 saturated carbocycles. The molecule has 109 valence electrons. The highest BCUT2D eigenvalue weighted by atomic mass is 16.5. The lowest BCUT2D eigenvalue weighted by atomic mass is 9.70. The number of hydrogen-bond acceptors (Lipinski definition) is 1. The van der Waals surface area contributed by atoms with Gasteiger partial charge < -0.3 is 4.74 Å². The summed E-state index contributed by atoms with van der Waals surface area (Å²) in [6, 6.07) is 8.53. The first-order valence-electron chi connectivity index (χ1n) is 8.36. The van der Waals surface area contributed by atoms with E-state index in [4.69, 9.17) is 4.74 Å². The molecule has 0 aromatic heterocycles. The highest BCUT2D eigenvalue weighted by Crippen LogP contribution is 2.44. The first-order valence-corrected chi connectivity index (χ1v) is 8.36. The molecule has 1 aromatic carbocycles. The summed E-state index contributed by atoms with van der Waals surface area (Å²) in [6.45, 7) is 0. The van der Waals surface area contributed by atoms with Gasteiger partial charge in [-0.3, -0.25) is 0 Å². The van der Waals surface area contributed by atoms with Crippen LogP contribution in [0.1, 0.15) is 63.4 Å². The van der Waals surface area contributed by atoms with Gasteiger partial charge in [0.2, 0.25) is 0 Å². The van der Waals surface area contributed by atoms with Crippen molar-refractivity contribution in [3.63, 3.8) is 0 Å². The molecule has 2 fully saturated rings. The number of ether oxygens (including phenoxy) is 1. The summed E-state index contributed by atoms with van der Waals surface area (Å²) in [5.74, 6) is 4.70. The maximum atomic E-state index is 5.52.